The molecule has 1 atom stereocenters. The van der Waals surface area contributed by atoms with Crippen LogP contribution in [0, 0.1) is 0 Å². The van der Waals surface area contributed by atoms with Gasteiger partial charge in [-0.15, -0.1) is 5.10 Å². The Hall–Kier alpha value is -1.72. The van der Waals surface area contributed by atoms with Gasteiger partial charge in [-0.3, -0.25) is 0 Å². The summed E-state index contributed by atoms with van der Waals surface area (Å²) in [6, 6.07) is 9.58. The molecule has 19 heavy (non-hydrogen) atoms. The molecule has 2 N–H and O–H groups in total. The van der Waals surface area contributed by atoms with Gasteiger partial charge in [-0.1, -0.05) is 42.5 Å². The number of aliphatic hydroxyl groups excluding tert-OH is 1. The Morgan fingerprint density at radius 1 is 1.32 bits per heavy atom. The molecule has 0 saturated carbocycles. The Balaban J connectivity index is 1.89. The molecule has 5 heteroatoms. The standard InChI is InChI=1S/C14H20N4O/c1-2-8-15-9-13-10-18(17-16-13)11-14(19)12-6-4-3-5-7-12/h3-7,10,14-15,19H,2,8-9,11H2,1H3. The van der Waals surface area contributed by atoms with Gasteiger partial charge in [0.25, 0.3) is 0 Å². The first-order valence-electron chi connectivity index (χ1n) is 6.62. The number of hydrogen-bond donors (Lipinski definition) is 2. The van der Waals surface area contributed by atoms with Crippen LogP contribution in [-0.2, 0) is 13.1 Å². The first-order chi connectivity index (χ1) is 9.29. The number of hydrogen-bond acceptors (Lipinski definition) is 4. The minimum Gasteiger partial charge on any atom is -0.386 e. The first kappa shape index (κ1) is 13.7. The summed E-state index contributed by atoms with van der Waals surface area (Å²) in [5.41, 5.74) is 1.79. The summed E-state index contributed by atoms with van der Waals surface area (Å²) in [6.45, 7) is 4.24. The molecule has 5 nitrogen and oxygen atoms in total. The maximum absolute atomic E-state index is 10.1. The zero-order valence-electron chi connectivity index (χ0n) is 11.2. The number of rotatable bonds is 7. The molecule has 2 aromatic rings. The average Bonchev–Trinajstić information content (AvgIpc) is 2.88. The smallest absolute Gasteiger partial charge is 0.0986 e. The van der Waals surface area contributed by atoms with Gasteiger partial charge in [0.1, 0.15) is 0 Å². The molecule has 1 aromatic heterocycles. The van der Waals surface area contributed by atoms with Crippen LogP contribution in [0.25, 0.3) is 0 Å². The first-order valence-corrected chi connectivity index (χ1v) is 6.62. The largest absolute Gasteiger partial charge is 0.386 e. The van der Waals surface area contributed by atoms with Gasteiger partial charge in [0.05, 0.1) is 18.3 Å². The molecule has 0 bridgehead atoms. The van der Waals surface area contributed by atoms with Gasteiger partial charge in [-0.05, 0) is 18.5 Å². The van der Waals surface area contributed by atoms with Crippen molar-refractivity contribution in [1.82, 2.24) is 20.3 Å². The fraction of sp³-hybridized carbons (Fsp3) is 0.429. The SMILES string of the molecule is CCCNCc1cn(CC(O)c2ccccc2)nn1. The zero-order chi connectivity index (χ0) is 13.5. The molecule has 0 amide bonds. The summed E-state index contributed by atoms with van der Waals surface area (Å²) in [5, 5.41) is 21.5. The van der Waals surface area contributed by atoms with E-state index in [2.05, 4.69) is 22.6 Å². The van der Waals surface area contributed by atoms with Gasteiger partial charge < -0.3 is 10.4 Å². The van der Waals surface area contributed by atoms with Gasteiger partial charge in [0, 0.05) is 12.7 Å². The highest BCUT2D eigenvalue weighted by Crippen LogP contribution is 2.13. The molecule has 102 valence electrons. The number of aromatic nitrogens is 3. The number of benzene rings is 1. The van der Waals surface area contributed by atoms with Gasteiger partial charge in [0.2, 0.25) is 0 Å². The predicted octanol–water partition coefficient (Wildman–Crippen LogP) is 1.51. The van der Waals surface area contributed by atoms with Crippen LogP contribution in [0.4, 0.5) is 0 Å². The molecule has 1 heterocycles. The minimum atomic E-state index is -0.556. The van der Waals surface area contributed by atoms with Crippen molar-refractivity contribution in [3.63, 3.8) is 0 Å². The third-order valence-corrected chi connectivity index (χ3v) is 2.86. The lowest BCUT2D eigenvalue weighted by Gasteiger charge is -2.09. The van der Waals surface area contributed by atoms with E-state index in [1.54, 1.807) is 4.68 Å². The van der Waals surface area contributed by atoms with Crippen molar-refractivity contribution in [2.24, 2.45) is 0 Å². The number of aliphatic hydroxyl groups is 1. The molecule has 0 aliphatic heterocycles. The van der Waals surface area contributed by atoms with E-state index in [4.69, 9.17) is 0 Å². The van der Waals surface area contributed by atoms with Crippen molar-refractivity contribution in [3.05, 3.63) is 47.8 Å². The molecule has 0 fully saturated rings. The second kappa shape index (κ2) is 7.01. The number of nitrogens with zero attached hydrogens (tertiary/aromatic N) is 3. The Morgan fingerprint density at radius 3 is 2.84 bits per heavy atom. The molecule has 0 aliphatic carbocycles. The van der Waals surface area contributed by atoms with Crippen LogP contribution in [0.5, 0.6) is 0 Å². The second-order valence-electron chi connectivity index (χ2n) is 4.54. The van der Waals surface area contributed by atoms with E-state index >= 15 is 0 Å². The zero-order valence-corrected chi connectivity index (χ0v) is 11.2. The number of nitrogens with one attached hydrogen (secondary N) is 1. The summed E-state index contributed by atoms with van der Waals surface area (Å²) in [7, 11) is 0. The lowest BCUT2D eigenvalue weighted by molar-refractivity contribution is 0.150. The van der Waals surface area contributed by atoms with Crippen LogP contribution in [-0.4, -0.2) is 26.6 Å². The van der Waals surface area contributed by atoms with Crippen molar-refractivity contribution >= 4 is 0 Å². The van der Waals surface area contributed by atoms with Gasteiger partial charge >= 0.3 is 0 Å². The molecule has 1 aromatic carbocycles. The molecular weight excluding hydrogens is 240 g/mol. The summed E-state index contributed by atoms with van der Waals surface area (Å²) in [6.07, 6.45) is 2.41. The molecule has 0 aliphatic rings. The lowest BCUT2D eigenvalue weighted by Crippen LogP contribution is -2.14. The van der Waals surface area contributed by atoms with E-state index < -0.39 is 6.10 Å². The van der Waals surface area contributed by atoms with Crippen LogP contribution in [0.15, 0.2) is 36.5 Å². The van der Waals surface area contributed by atoms with Crippen LogP contribution >= 0.6 is 0 Å². The fourth-order valence-corrected chi connectivity index (χ4v) is 1.86. The Bertz CT molecular complexity index is 483. The molecule has 0 saturated heterocycles. The molecule has 1 unspecified atom stereocenters. The topological polar surface area (TPSA) is 63.0 Å². The van der Waals surface area contributed by atoms with E-state index in [9.17, 15) is 5.11 Å². The van der Waals surface area contributed by atoms with Gasteiger partial charge in [-0.25, -0.2) is 4.68 Å². The predicted molar refractivity (Wildman–Crippen MR) is 73.4 cm³/mol. The van der Waals surface area contributed by atoms with Crippen LogP contribution in [0.3, 0.4) is 0 Å². The summed E-state index contributed by atoms with van der Waals surface area (Å²) < 4.78 is 1.68. The van der Waals surface area contributed by atoms with Crippen molar-refractivity contribution in [3.8, 4) is 0 Å². The third-order valence-electron chi connectivity index (χ3n) is 2.86. The second-order valence-corrected chi connectivity index (χ2v) is 4.54. The van der Waals surface area contributed by atoms with Crippen LogP contribution in [0.2, 0.25) is 0 Å². The van der Waals surface area contributed by atoms with Crippen molar-refractivity contribution in [1.29, 1.82) is 0 Å². The van der Waals surface area contributed by atoms with Gasteiger partial charge in [-0.2, -0.15) is 0 Å². The van der Waals surface area contributed by atoms with E-state index in [1.165, 1.54) is 0 Å². The highest BCUT2D eigenvalue weighted by atomic mass is 16.3. The Morgan fingerprint density at radius 2 is 2.11 bits per heavy atom. The van der Waals surface area contributed by atoms with E-state index in [0.29, 0.717) is 6.54 Å². The normalized spacial score (nSPS) is 12.5. The van der Waals surface area contributed by atoms with E-state index in [1.807, 2.05) is 36.5 Å². The van der Waals surface area contributed by atoms with Crippen LogP contribution in [0.1, 0.15) is 30.7 Å². The highest BCUT2D eigenvalue weighted by Gasteiger charge is 2.09. The van der Waals surface area contributed by atoms with Crippen molar-refractivity contribution in [2.45, 2.75) is 32.5 Å². The fourth-order valence-electron chi connectivity index (χ4n) is 1.86. The van der Waals surface area contributed by atoms with E-state index in [0.717, 1.165) is 30.8 Å². The Labute approximate surface area is 113 Å². The quantitative estimate of drug-likeness (QED) is 0.741. The average molecular weight is 260 g/mol. The van der Waals surface area contributed by atoms with Crippen molar-refractivity contribution in [2.75, 3.05) is 6.54 Å². The lowest BCUT2D eigenvalue weighted by atomic mass is 10.1. The minimum absolute atomic E-state index is 0.421. The van der Waals surface area contributed by atoms with Crippen molar-refractivity contribution < 1.29 is 5.11 Å². The summed E-state index contributed by atoms with van der Waals surface area (Å²) in [5.74, 6) is 0. The van der Waals surface area contributed by atoms with Crippen LogP contribution < -0.4 is 5.32 Å². The molecule has 0 spiro atoms. The maximum atomic E-state index is 10.1. The molecule has 2 rings (SSSR count). The summed E-state index contributed by atoms with van der Waals surface area (Å²) >= 11 is 0. The molecular formula is C14H20N4O. The maximum Gasteiger partial charge on any atom is 0.0986 e. The monoisotopic (exact) mass is 260 g/mol. The highest BCUT2D eigenvalue weighted by molar-refractivity contribution is 5.17. The summed E-state index contributed by atoms with van der Waals surface area (Å²) in [4.78, 5) is 0. The van der Waals surface area contributed by atoms with Gasteiger partial charge in [0.15, 0.2) is 0 Å². The third kappa shape index (κ3) is 4.15. The Kier molecular flexibility index (Phi) is 5.06. The molecule has 0 radical (unpaired) electrons. The van der Waals surface area contributed by atoms with E-state index in [-0.39, 0.29) is 0 Å².